The Morgan fingerprint density at radius 1 is 1.11 bits per heavy atom. The van der Waals surface area contributed by atoms with E-state index in [2.05, 4.69) is 17.6 Å². The van der Waals surface area contributed by atoms with E-state index in [1.165, 1.54) is 0 Å². The van der Waals surface area contributed by atoms with E-state index in [1.807, 2.05) is 20.8 Å². The fourth-order valence-electron chi connectivity index (χ4n) is 1.33. The molecule has 0 aromatic rings. The largest absolute Gasteiger partial charge is 0.380 e. The van der Waals surface area contributed by atoms with E-state index in [9.17, 15) is 4.79 Å². The minimum Gasteiger partial charge on any atom is -0.380 e. The van der Waals surface area contributed by atoms with Crippen molar-refractivity contribution in [2.75, 3.05) is 39.5 Å². The molecule has 0 unspecified atom stereocenters. The summed E-state index contributed by atoms with van der Waals surface area (Å²) in [5.74, 6) is -0.0920. The number of unbranched alkanes of at least 4 members (excludes halogenated alkanes) is 1. The molecule has 0 heterocycles. The van der Waals surface area contributed by atoms with Gasteiger partial charge in [-0.3, -0.25) is 4.79 Å². The van der Waals surface area contributed by atoms with E-state index >= 15 is 0 Å². The van der Waals surface area contributed by atoms with Gasteiger partial charge in [0.05, 0.1) is 12.2 Å². The first-order chi connectivity index (χ1) is 8.95. The van der Waals surface area contributed by atoms with Crippen LogP contribution in [0.2, 0.25) is 0 Å². The van der Waals surface area contributed by atoms with Crippen LogP contribution in [0, 0.1) is 0 Å². The van der Waals surface area contributed by atoms with Crippen LogP contribution in [0.4, 0.5) is 0 Å². The monoisotopic (exact) mass is 274 g/mol. The summed E-state index contributed by atoms with van der Waals surface area (Å²) in [6, 6.07) is 0. The van der Waals surface area contributed by atoms with Crippen molar-refractivity contribution in [1.29, 1.82) is 0 Å². The van der Waals surface area contributed by atoms with Crippen molar-refractivity contribution in [2.45, 2.75) is 46.1 Å². The zero-order valence-electron chi connectivity index (χ0n) is 12.9. The summed E-state index contributed by atoms with van der Waals surface area (Å²) >= 11 is 0. The Kier molecular flexibility index (Phi) is 10.8. The Labute approximate surface area is 117 Å². The number of ether oxygens (including phenoxy) is 2. The van der Waals surface area contributed by atoms with Crippen LogP contribution in [0.3, 0.4) is 0 Å². The molecule has 0 aliphatic rings. The number of carbonyl (C=O) groups is 1. The van der Waals surface area contributed by atoms with E-state index in [0.717, 1.165) is 32.5 Å². The Morgan fingerprint density at radius 2 is 1.84 bits per heavy atom. The highest BCUT2D eigenvalue weighted by molar-refractivity contribution is 5.77. The van der Waals surface area contributed by atoms with Gasteiger partial charge in [-0.25, -0.2) is 0 Å². The van der Waals surface area contributed by atoms with Crippen molar-refractivity contribution in [1.82, 2.24) is 10.6 Å². The third-order valence-corrected chi connectivity index (χ3v) is 2.35. The molecule has 2 N–H and O–H groups in total. The van der Waals surface area contributed by atoms with Gasteiger partial charge in [0.15, 0.2) is 0 Å². The molecule has 19 heavy (non-hydrogen) atoms. The Hall–Kier alpha value is -0.650. The van der Waals surface area contributed by atoms with Crippen molar-refractivity contribution in [3.63, 3.8) is 0 Å². The van der Waals surface area contributed by atoms with Crippen molar-refractivity contribution in [3.05, 3.63) is 0 Å². The SMILES string of the molecule is CCNCCCCOCCNC(=O)COC(C)(C)C. The standard InChI is InChI=1S/C14H30N2O3/c1-5-15-8-6-7-10-18-11-9-16-13(17)12-19-14(2,3)4/h15H,5-12H2,1-4H3,(H,16,17). The smallest absolute Gasteiger partial charge is 0.246 e. The topological polar surface area (TPSA) is 59.6 Å². The lowest BCUT2D eigenvalue weighted by molar-refractivity contribution is -0.130. The van der Waals surface area contributed by atoms with Crippen LogP contribution in [0.5, 0.6) is 0 Å². The first-order valence-corrected chi connectivity index (χ1v) is 7.15. The highest BCUT2D eigenvalue weighted by atomic mass is 16.5. The molecule has 0 radical (unpaired) electrons. The molecule has 0 spiro atoms. The van der Waals surface area contributed by atoms with Crippen LogP contribution in [-0.4, -0.2) is 51.0 Å². The zero-order chi connectivity index (χ0) is 14.6. The van der Waals surface area contributed by atoms with E-state index in [1.54, 1.807) is 0 Å². The predicted octanol–water partition coefficient (Wildman–Crippen LogP) is 1.32. The fraction of sp³-hybridized carbons (Fsp3) is 0.929. The minimum absolute atomic E-state index is 0.0920. The van der Waals surface area contributed by atoms with Gasteiger partial charge in [-0.2, -0.15) is 0 Å². The Morgan fingerprint density at radius 3 is 2.47 bits per heavy atom. The second-order valence-electron chi connectivity index (χ2n) is 5.42. The summed E-state index contributed by atoms with van der Waals surface area (Å²) in [4.78, 5) is 11.4. The van der Waals surface area contributed by atoms with Gasteiger partial charge in [0.25, 0.3) is 0 Å². The van der Waals surface area contributed by atoms with Gasteiger partial charge < -0.3 is 20.1 Å². The summed E-state index contributed by atoms with van der Waals surface area (Å²) in [6.07, 6.45) is 2.17. The third kappa shape index (κ3) is 15.3. The molecule has 1 amide bonds. The first kappa shape index (κ1) is 18.4. The van der Waals surface area contributed by atoms with Crippen LogP contribution in [0.15, 0.2) is 0 Å². The number of hydrogen-bond donors (Lipinski definition) is 2. The Bertz CT molecular complexity index is 227. The molecule has 0 aromatic heterocycles. The van der Waals surface area contributed by atoms with Crippen LogP contribution < -0.4 is 10.6 Å². The predicted molar refractivity (Wildman–Crippen MR) is 77.3 cm³/mol. The van der Waals surface area contributed by atoms with E-state index in [0.29, 0.717) is 13.2 Å². The van der Waals surface area contributed by atoms with Crippen LogP contribution in [0.1, 0.15) is 40.5 Å². The van der Waals surface area contributed by atoms with Gasteiger partial charge in [-0.05, 0) is 46.7 Å². The summed E-state index contributed by atoms with van der Waals surface area (Å²) in [6.45, 7) is 11.9. The average Bonchev–Trinajstić information content (AvgIpc) is 2.33. The van der Waals surface area contributed by atoms with Crippen molar-refractivity contribution in [2.24, 2.45) is 0 Å². The number of nitrogens with one attached hydrogen (secondary N) is 2. The molecule has 0 bridgehead atoms. The number of amides is 1. The summed E-state index contributed by atoms with van der Waals surface area (Å²) in [5, 5.41) is 6.03. The average molecular weight is 274 g/mol. The van der Waals surface area contributed by atoms with Gasteiger partial charge in [0, 0.05) is 13.2 Å². The van der Waals surface area contributed by atoms with E-state index in [-0.39, 0.29) is 18.1 Å². The molecule has 114 valence electrons. The van der Waals surface area contributed by atoms with Crippen molar-refractivity contribution in [3.8, 4) is 0 Å². The normalized spacial score (nSPS) is 11.6. The lowest BCUT2D eigenvalue weighted by Crippen LogP contribution is -2.34. The summed E-state index contributed by atoms with van der Waals surface area (Å²) in [5.41, 5.74) is -0.277. The molecule has 0 atom stereocenters. The van der Waals surface area contributed by atoms with Gasteiger partial charge in [0.2, 0.25) is 5.91 Å². The number of hydrogen-bond acceptors (Lipinski definition) is 4. The van der Waals surface area contributed by atoms with Crippen molar-refractivity contribution >= 4 is 5.91 Å². The molecule has 0 rings (SSSR count). The maximum atomic E-state index is 11.4. The molecule has 5 heteroatoms. The third-order valence-electron chi connectivity index (χ3n) is 2.35. The highest BCUT2D eigenvalue weighted by Gasteiger charge is 2.12. The molecule has 0 saturated carbocycles. The lowest BCUT2D eigenvalue weighted by atomic mass is 10.2. The molecular weight excluding hydrogens is 244 g/mol. The van der Waals surface area contributed by atoms with E-state index in [4.69, 9.17) is 9.47 Å². The van der Waals surface area contributed by atoms with E-state index < -0.39 is 0 Å². The molecule has 0 aromatic carbocycles. The number of rotatable bonds is 11. The highest BCUT2D eigenvalue weighted by Crippen LogP contribution is 2.05. The van der Waals surface area contributed by atoms with Crippen LogP contribution in [0.25, 0.3) is 0 Å². The molecule has 5 nitrogen and oxygen atoms in total. The first-order valence-electron chi connectivity index (χ1n) is 7.15. The number of carbonyl (C=O) groups excluding carboxylic acids is 1. The van der Waals surface area contributed by atoms with Gasteiger partial charge in [0.1, 0.15) is 6.61 Å². The Balaban J connectivity index is 3.23. The van der Waals surface area contributed by atoms with Gasteiger partial charge in [-0.1, -0.05) is 6.92 Å². The van der Waals surface area contributed by atoms with Gasteiger partial charge >= 0.3 is 0 Å². The summed E-state index contributed by atoms with van der Waals surface area (Å²) in [7, 11) is 0. The quantitative estimate of drug-likeness (QED) is 0.558. The van der Waals surface area contributed by atoms with Crippen molar-refractivity contribution < 1.29 is 14.3 Å². The maximum absolute atomic E-state index is 11.4. The second kappa shape index (κ2) is 11.2. The molecule has 0 fully saturated rings. The molecule has 0 aliphatic heterocycles. The maximum Gasteiger partial charge on any atom is 0.246 e. The van der Waals surface area contributed by atoms with Crippen LogP contribution in [-0.2, 0) is 14.3 Å². The van der Waals surface area contributed by atoms with Gasteiger partial charge in [-0.15, -0.1) is 0 Å². The minimum atomic E-state index is -0.277. The molecule has 0 saturated heterocycles. The summed E-state index contributed by atoms with van der Waals surface area (Å²) < 4.78 is 10.8. The fourth-order valence-corrected chi connectivity index (χ4v) is 1.33. The van der Waals surface area contributed by atoms with Crippen LogP contribution >= 0.6 is 0 Å². The zero-order valence-corrected chi connectivity index (χ0v) is 12.9. The molecule has 0 aliphatic carbocycles. The second-order valence-corrected chi connectivity index (χ2v) is 5.42. The molecular formula is C14H30N2O3. The lowest BCUT2D eigenvalue weighted by Gasteiger charge is -2.18.